The van der Waals surface area contributed by atoms with Gasteiger partial charge in [-0.25, -0.2) is 8.42 Å². The van der Waals surface area contributed by atoms with Crippen molar-refractivity contribution >= 4 is 21.8 Å². The number of thioether (sulfide) groups is 1. The molecule has 0 radical (unpaired) electrons. The second kappa shape index (κ2) is 5.89. The largest absolute Gasteiger partial charge is 0.243 e. The Balaban J connectivity index is 3.08. The minimum Gasteiger partial charge on any atom is -0.207 e. The number of sulfonamides is 1. The zero-order valence-corrected chi connectivity index (χ0v) is 12.3. The molecule has 0 saturated heterocycles. The molecule has 0 aromatic heterocycles. The molecule has 1 aromatic rings. The molecule has 0 amide bonds. The lowest BCUT2D eigenvalue weighted by Crippen LogP contribution is -2.36. The fourth-order valence-electron chi connectivity index (χ4n) is 1.58. The van der Waals surface area contributed by atoms with Crippen molar-refractivity contribution in [3.8, 4) is 0 Å². The van der Waals surface area contributed by atoms with Crippen molar-refractivity contribution in [2.24, 2.45) is 0 Å². The van der Waals surface area contributed by atoms with Gasteiger partial charge in [0.2, 0.25) is 10.0 Å². The number of nitrogens with zero attached hydrogens (tertiary/aromatic N) is 1. The number of aryl methyl sites for hydroxylation is 1. The van der Waals surface area contributed by atoms with E-state index < -0.39 is 10.0 Å². The van der Waals surface area contributed by atoms with Crippen LogP contribution in [0.2, 0.25) is 0 Å². The van der Waals surface area contributed by atoms with Crippen LogP contribution in [-0.4, -0.2) is 37.8 Å². The van der Waals surface area contributed by atoms with Gasteiger partial charge in [0.15, 0.2) is 0 Å². The van der Waals surface area contributed by atoms with Gasteiger partial charge < -0.3 is 0 Å². The molecule has 96 valence electrons. The molecular weight excluding hydrogens is 254 g/mol. The highest BCUT2D eigenvalue weighted by Crippen LogP contribution is 2.20. The summed E-state index contributed by atoms with van der Waals surface area (Å²) >= 11 is 1.65. The zero-order chi connectivity index (χ0) is 13.1. The van der Waals surface area contributed by atoms with Crippen LogP contribution in [0.1, 0.15) is 12.5 Å². The SMILES string of the molecule is CSCC(C)N(C)S(=O)(=O)c1ccccc1C. The summed E-state index contributed by atoms with van der Waals surface area (Å²) in [4.78, 5) is 0.399. The molecule has 0 bridgehead atoms. The Hall–Kier alpha value is -0.520. The van der Waals surface area contributed by atoms with Gasteiger partial charge in [-0.1, -0.05) is 18.2 Å². The summed E-state index contributed by atoms with van der Waals surface area (Å²) in [7, 11) is -1.73. The van der Waals surface area contributed by atoms with Crippen LogP contribution in [0, 0.1) is 6.92 Å². The summed E-state index contributed by atoms with van der Waals surface area (Å²) in [5.41, 5.74) is 0.788. The average Bonchev–Trinajstić information content (AvgIpc) is 2.28. The molecule has 1 rings (SSSR count). The van der Waals surface area contributed by atoms with Crippen molar-refractivity contribution < 1.29 is 8.42 Å². The van der Waals surface area contributed by atoms with Crippen LogP contribution in [0.25, 0.3) is 0 Å². The van der Waals surface area contributed by atoms with Gasteiger partial charge in [0.1, 0.15) is 0 Å². The summed E-state index contributed by atoms with van der Waals surface area (Å²) in [5, 5.41) is 0. The molecule has 0 heterocycles. The van der Waals surface area contributed by atoms with Crippen molar-refractivity contribution in [1.29, 1.82) is 0 Å². The molecular formula is C12H19NO2S2. The fraction of sp³-hybridized carbons (Fsp3) is 0.500. The molecule has 1 unspecified atom stereocenters. The lowest BCUT2D eigenvalue weighted by molar-refractivity contribution is 0.415. The molecule has 17 heavy (non-hydrogen) atoms. The van der Waals surface area contributed by atoms with Crippen LogP contribution in [0.4, 0.5) is 0 Å². The van der Waals surface area contributed by atoms with Crippen molar-refractivity contribution in [3.05, 3.63) is 29.8 Å². The van der Waals surface area contributed by atoms with E-state index in [1.807, 2.05) is 32.2 Å². The number of rotatable bonds is 5. The van der Waals surface area contributed by atoms with E-state index >= 15 is 0 Å². The second-order valence-electron chi connectivity index (χ2n) is 4.09. The summed E-state index contributed by atoms with van der Waals surface area (Å²) in [6.07, 6.45) is 1.98. The summed E-state index contributed by atoms with van der Waals surface area (Å²) in [5.74, 6) is 0.793. The topological polar surface area (TPSA) is 37.4 Å². The van der Waals surface area contributed by atoms with E-state index in [0.29, 0.717) is 4.90 Å². The minimum atomic E-state index is -3.37. The Labute approximate surface area is 108 Å². The van der Waals surface area contributed by atoms with Crippen molar-refractivity contribution in [1.82, 2.24) is 4.31 Å². The van der Waals surface area contributed by atoms with Crippen molar-refractivity contribution in [3.63, 3.8) is 0 Å². The van der Waals surface area contributed by atoms with Crippen molar-refractivity contribution in [2.45, 2.75) is 24.8 Å². The molecule has 3 nitrogen and oxygen atoms in total. The summed E-state index contributed by atoms with van der Waals surface area (Å²) < 4.78 is 26.2. The van der Waals surface area contributed by atoms with E-state index in [2.05, 4.69) is 0 Å². The number of hydrogen-bond acceptors (Lipinski definition) is 3. The highest BCUT2D eigenvalue weighted by atomic mass is 32.2. The average molecular weight is 273 g/mol. The number of benzene rings is 1. The molecule has 0 saturated carbocycles. The first kappa shape index (κ1) is 14.5. The third-order valence-electron chi connectivity index (χ3n) is 2.78. The van der Waals surface area contributed by atoms with E-state index in [9.17, 15) is 8.42 Å². The Bertz CT molecular complexity index is 471. The van der Waals surface area contributed by atoms with Crippen LogP contribution >= 0.6 is 11.8 Å². The van der Waals surface area contributed by atoms with Gasteiger partial charge in [-0.15, -0.1) is 0 Å². The molecule has 1 atom stereocenters. The first-order valence-corrected chi connectivity index (χ1v) is 8.27. The van der Waals surface area contributed by atoms with Crippen LogP contribution in [0.3, 0.4) is 0 Å². The van der Waals surface area contributed by atoms with Gasteiger partial charge in [0, 0.05) is 18.8 Å². The Morgan fingerprint density at radius 1 is 1.35 bits per heavy atom. The van der Waals surface area contributed by atoms with Crippen LogP contribution in [0.15, 0.2) is 29.2 Å². The molecule has 0 N–H and O–H groups in total. The Morgan fingerprint density at radius 2 is 1.94 bits per heavy atom. The predicted octanol–water partition coefficient (Wildman–Crippen LogP) is 2.37. The first-order valence-electron chi connectivity index (χ1n) is 5.44. The van der Waals surface area contributed by atoms with E-state index in [1.165, 1.54) is 4.31 Å². The maximum absolute atomic E-state index is 12.4. The quantitative estimate of drug-likeness (QED) is 0.826. The van der Waals surface area contributed by atoms with Gasteiger partial charge in [-0.3, -0.25) is 0 Å². The zero-order valence-electron chi connectivity index (χ0n) is 10.7. The highest BCUT2D eigenvalue weighted by molar-refractivity contribution is 7.98. The van der Waals surface area contributed by atoms with Crippen LogP contribution in [-0.2, 0) is 10.0 Å². The van der Waals surface area contributed by atoms with Gasteiger partial charge >= 0.3 is 0 Å². The van der Waals surface area contributed by atoms with Gasteiger partial charge in [-0.05, 0) is 31.7 Å². The fourth-order valence-corrected chi connectivity index (χ4v) is 3.97. The maximum atomic E-state index is 12.4. The number of hydrogen-bond donors (Lipinski definition) is 0. The van der Waals surface area contributed by atoms with Crippen LogP contribution < -0.4 is 0 Å². The van der Waals surface area contributed by atoms with E-state index in [4.69, 9.17) is 0 Å². The summed E-state index contributed by atoms with van der Waals surface area (Å²) in [6.45, 7) is 3.74. The maximum Gasteiger partial charge on any atom is 0.243 e. The first-order chi connectivity index (χ1) is 7.91. The third-order valence-corrected chi connectivity index (χ3v) is 5.73. The van der Waals surface area contributed by atoms with Gasteiger partial charge in [0.25, 0.3) is 0 Å². The lowest BCUT2D eigenvalue weighted by Gasteiger charge is -2.24. The molecule has 0 aliphatic rings. The van der Waals surface area contributed by atoms with E-state index in [1.54, 1.807) is 30.9 Å². The highest BCUT2D eigenvalue weighted by Gasteiger charge is 2.26. The Morgan fingerprint density at radius 3 is 2.47 bits per heavy atom. The molecule has 5 heteroatoms. The van der Waals surface area contributed by atoms with E-state index in [0.717, 1.165) is 11.3 Å². The molecule has 0 aliphatic carbocycles. The molecule has 0 fully saturated rings. The second-order valence-corrected chi connectivity index (χ2v) is 6.97. The monoisotopic (exact) mass is 273 g/mol. The van der Waals surface area contributed by atoms with Gasteiger partial charge in [0.05, 0.1) is 4.90 Å². The third kappa shape index (κ3) is 3.24. The predicted molar refractivity (Wildman–Crippen MR) is 74.0 cm³/mol. The molecule has 0 aliphatic heterocycles. The van der Waals surface area contributed by atoms with Crippen molar-refractivity contribution in [2.75, 3.05) is 19.1 Å². The smallest absolute Gasteiger partial charge is 0.207 e. The minimum absolute atomic E-state index is 0.00499. The molecule has 1 aromatic carbocycles. The lowest BCUT2D eigenvalue weighted by atomic mass is 10.2. The van der Waals surface area contributed by atoms with Gasteiger partial charge in [-0.2, -0.15) is 16.1 Å². The van der Waals surface area contributed by atoms with E-state index in [-0.39, 0.29) is 6.04 Å². The summed E-state index contributed by atoms with van der Waals surface area (Å²) in [6, 6.07) is 7.08. The Kier molecular flexibility index (Phi) is 5.04. The normalized spacial score (nSPS) is 13.9. The van der Waals surface area contributed by atoms with Crippen LogP contribution in [0.5, 0.6) is 0 Å². The standard InChI is InChI=1S/C12H19NO2S2/c1-10-7-5-6-8-12(10)17(14,15)13(3)11(2)9-16-4/h5-8,11H,9H2,1-4H3. The molecule has 0 spiro atoms.